The third kappa shape index (κ3) is 11.0. The molecule has 12 heteroatoms. The molecule has 0 amide bonds. The third-order valence-corrected chi connectivity index (χ3v) is 9.60. The normalized spacial score (nSPS) is 19.7. The zero-order valence-electron chi connectivity index (χ0n) is 27.1. The highest BCUT2D eigenvalue weighted by atomic mass is 35.5. The molecule has 2 aliphatic heterocycles. The Bertz CT molecular complexity index is 1520. The lowest BCUT2D eigenvalue weighted by Gasteiger charge is -2.27. The van der Waals surface area contributed by atoms with Crippen LogP contribution < -0.4 is 9.47 Å². The molecule has 0 saturated carbocycles. The summed E-state index contributed by atoms with van der Waals surface area (Å²) >= 11 is 6.08. The minimum Gasteiger partial charge on any atom is -0.491 e. The average Bonchev–Trinajstić information content (AvgIpc) is 3.12. The molecule has 2 fully saturated rings. The van der Waals surface area contributed by atoms with E-state index in [9.17, 15) is 13.2 Å². The number of carbonyl (C=O) groups is 1. The van der Waals surface area contributed by atoms with Gasteiger partial charge in [-0.2, -0.15) is 8.42 Å². The molecule has 0 aromatic heterocycles. The second kappa shape index (κ2) is 18.1. The van der Waals surface area contributed by atoms with Gasteiger partial charge in [0.05, 0.1) is 17.4 Å². The number of benzene rings is 3. The predicted molar refractivity (Wildman–Crippen MR) is 179 cm³/mol. The van der Waals surface area contributed by atoms with Crippen molar-refractivity contribution in [1.29, 1.82) is 0 Å². The van der Waals surface area contributed by atoms with E-state index < -0.39 is 22.5 Å². The molecule has 3 aromatic carbocycles. The van der Waals surface area contributed by atoms with Crippen molar-refractivity contribution in [2.45, 2.75) is 75.1 Å². The van der Waals surface area contributed by atoms with E-state index in [4.69, 9.17) is 44.2 Å². The Morgan fingerprint density at radius 3 is 1.71 bits per heavy atom. The Balaban J connectivity index is 1.13. The maximum atomic E-state index is 13.2. The van der Waals surface area contributed by atoms with Gasteiger partial charge in [-0.05, 0) is 106 Å². The summed E-state index contributed by atoms with van der Waals surface area (Å²) in [6.07, 6.45) is 3.80. The van der Waals surface area contributed by atoms with Crippen molar-refractivity contribution in [3.63, 3.8) is 0 Å². The van der Waals surface area contributed by atoms with Crippen LogP contribution in [0.1, 0.15) is 60.0 Å². The van der Waals surface area contributed by atoms with Crippen LogP contribution in [0, 0.1) is 6.92 Å². The molecule has 260 valence electrons. The first-order chi connectivity index (χ1) is 23.3. The topological polar surface area (TPSA) is 116 Å². The molecule has 0 aliphatic carbocycles. The van der Waals surface area contributed by atoms with Gasteiger partial charge in [0.2, 0.25) is 0 Å². The molecule has 0 radical (unpaired) electrons. The Morgan fingerprint density at radius 2 is 1.23 bits per heavy atom. The molecule has 2 saturated heterocycles. The Morgan fingerprint density at radius 1 is 0.729 bits per heavy atom. The van der Waals surface area contributed by atoms with Crippen LogP contribution >= 0.6 is 11.6 Å². The van der Waals surface area contributed by atoms with Gasteiger partial charge in [0.15, 0.2) is 18.4 Å². The zero-order valence-corrected chi connectivity index (χ0v) is 28.7. The fourth-order valence-corrected chi connectivity index (χ4v) is 6.30. The molecule has 0 bridgehead atoms. The summed E-state index contributed by atoms with van der Waals surface area (Å²) in [5, 5.41) is 0. The number of hydrogen-bond donors (Lipinski definition) is 0. The van der Waals surface area contributed by atoms with Crippen LogP contribution in [0.15, 0.2) is 77.7 Å². The van der Waals surface area contributed by atoms with Crippen molar-refractivity contribution < 1.29 is 45.8 Å². The summed E-state index contributed by atoms with van der Waals surface area (Å²) in [6, 6.07) is 20.1. The molecule has 0 spiro atoms. The van der Waals surface area contributed by atoms with Crippen LogP contribution in [-0.2, 0) is 33.2 Å². The summed E-state index contributed by atoms with van der Waals surface area (Å²) in [7, 11) is -3.99. The molecule has 48 heavy (non-hydrogen) atoms. The van der Waals surface area contributed by atoms with E-state index in [-0.39, 0.29) is 48.8 Å². The molecule has 0 N–H and O–H groups in total. The summed E-state index contributed by atoms with van der Waals surface area (Å²) in [5.41, 5.74) is 1.93. The lowest BCUT2D eigenvalue weighted by atomic mass is 10.0. The Kier molecular flexibility index (Phi) is 13.7. The number of ether oxygens (including phenoxy) is 6. The van der Waals surface area contributed by atoms with Crippen LogP contribution in [0.5, 0.6) is 11.5 Å². The van der Waals surface area contributed by atoms with Crippen LogP contribution in [0.3, 0.4) is 0 Å². The van der Waals surface area contributed by atoms with Crippen LogP contribution in [0.4, 0.5) is 0 Å². The molecular weight excluding hydrogens is 660 g/mol. The highest BCUT2D eigenvalue weighted by Gasteiger charge is 2.25. The first-order valence-corrected chi connectivity index (χ1v) is 18.3. The van der Waals surface area contributed by atoms with E-state index in [1.54, 1.807) is 60.7 Å². The van der Waals surface area contributed by atoms with Gasteiger partial charge >= 0.3 is 0 Å². The number of aryl methyl sites for hydroxylation is 1. The molecule has 2 unspecified atom stereocenters. The first kappa shape index (κ1) is 36.3. The van der Waals surface area contributed by atoms with Gasteiger partial charge in [0.25, 0.3) is 10.1 Å². The van der Waals surface area contributed by atoms with Gasteiger partial charge in [-0.1, -0.05) is 17.7 Å². The van der Waals surface area contributed by atoms with Crippen LogP contribution in [0.25, 0.3) is 0 Å². The van der Waals surface area contributed by atoms with Crippen molar-refractivity contribution in [3.8, 4) is 11.5 Å². The van der Waals surface area contributed by atoms with Gasteiger partial charge < -0.3 is 28.4 Å². The van der Waals surface area contributed by atoms with Gasteiger partial charge in [0, 0.05) is 24.3 Å². The van der Waals surface area contributed by atoms with Crippen molar-refractivity contribution in [3.05, 3.63) is 89.5 Å². The third-order valence-electron chi connectivity index (χ3n) is 7.96. The van der Waals surface area contributed by atoms with Gasteiger partial charge in [-0.3, -0.25) is 8.98 Å². The number of carbonyl (C=O) groups excluding carboxylic acids is 1. The summed E-state index contributed by atoms with van der Waals surface area (Å²) < 4.78 is 66.0. The van der Waals surface area contributed by atoms with Crippen molar-refractivity contribution in [1.82, 2.24) is 0 Å². The van der Waals surface area contributed by atoms with E-state index in [1.807, 2.05) is 6.92 Å². The van der Waals surface area contributed by atoms with Gasteiger partial charge in [0.1, 0.15) is 36.9 Å². The SMILES string of the molecule is Cc1ccc(S(=O)(=O)OC[C@@H](COc2ccc(C(=O)c3ccc(OC[C@H](CCl)OC4CCCCO4)cc3)cc2)OC2CCCCO2)cc1. The van der Waals surface area contributed by atoms with Crippen molar-refractivity contribution in [2.24, 2.45) is 0 Å². The zero-order chi connectivity index (χ0) is 33.8. The van der Waals surface area contributed by atoms with Crippen LogP contribution in [-0.4, -0.2) is 77.9 Å². The van der Waals surface area contributed by atoms with Gasteiger partial charge in [-0.15, -0.1) is 11.6 Å². The van der Waals surface area contributed by atoms with E-state index in [2.05, 4.69) is 0 Å². The number of ketones is 1. The highest BCUT2D eigenvalue weighted by molar-refractivity contribution is 7.86. The summed E-state index contributed by atoms with van der Waals surface area (Å²) in [6.45, 7) is 3.18. The minimum absolute atomic E-state index is 0.0152. The minimum atomic E-state index is -3.99. The van der Waals surface area contributed by atoms with E-state index in [1.165, 1.54) is 12.1 Å². The molecular formula is C36H43ClO10S. The summed E-state index contributed by atoms with van der Waals surface area (Å²) in [4.78, 5) is 13.2. The van der Waals surface area contributed by atoms with Crippen molar-refractivity contribution >= 4 is 27.5 Å². The standard InChI is InChI=1S/C36H43ClO10S/c1-26-8-18-33(19-9-26)48(39,40)45-25-32(47-35-7-3-5-21-42-35)24-44-30-16-12-28(13-17-30)36(38)27-10-14-29(15-11-27)43-23-31(22-37)46-34-6-2-4-20-41-34/h8-19,31-32,34-35H,2-7,20-25H2,1H3/t31-,32+,34?,35?/m0/s1. The molecule has 2 aliphatic rings. The number of rotatable bonds is 17. The molecule has 4 atom stereocenters. The van der Waals surface area contributed by atoms with E-state index in [0.717, 1.165) is 37.7 Å². The molecule has 10 nitrogen and oxygen atoms in total. The molecule has 3 aromatic rings. The predicted octanol–water partition coefficient (Wildman–Crippen LogP) is 6.45. The maximum absolute atomic E-state index is 13.2. The fraction of sp³-hybridized carbons (Fsp3) is 0.472. The lowest BCUT2D eigenvalue weighted by molar-refractivity contribution is -0.198. The Labute approximate surface area is 287 Å². The number of alkyl halides is 1. The molecule has 5 rings (SSSR count). The second-order valence-electron chi connectivity index (χ2n) is 11.8. The number of halogens is 1. The molecule has 2 heterocycles. The van der Waals surface area contributed by atoms with E-state index >= 15 is 0 Å². The number of hydrogen-bond acceptors (Lipinski definition) is 10. The largest absolute Gasteiger partial charge is 0.491 e. The van der Waals surface area contributed by atoms with Crippen LogP contribution in [0.2, 0.25) is 0 Å². The monoisotopic (exact) mass is 702 g/mol. The van der Waals surface area contributed by atoms with Crippen molar-refractivity contribution in [2.75, 3.05) is 38.9 Å². The smallest absolute Gasteiger partial charge is 0.297 e. The lowest BCUT2D eigenvalue weighted by Crippen LogP contribution is -2.35. The maximum Gasteiger partial charge on any atom is 0.297 e. The second-order valence-corrected chi connectivity index (χ2v) is 13.7. The quantitative estimate of drug-likeness (QED) is 0.0883. The average molecular weight is 703 g/mol. The fourth-order valence-electron chi connectivity index (χ4n) is 5.20. The first-order valence-electron chi connectivity index (χ1n) is 16.4. The van der Waals surface area contributed by atoms with Gasteiger partial charge in [-0.25, -0.2) is 0 Å². The highest BCUT2D eigenvalue weighted by Crippen LogP contribution is 2.22. The summed E-state index contributed by atoms with van der Waals surface area (Å²) in [5.74, 6) is 1.21. The Hall–Kier alpha value is -3.03. The van der Waals surface area contributed by atoms with E-state index in [0.29, 0.717) is 42.3 Å².